The number of carbonyl (C=O) groups is 3. The summed E-state index contributed by atoms with van der Waals surface area (Å²) < 4.78 is 0. The third-order valence-corrected chi connectivity index (χ3v) is 3.29. The van der Waals surface area contributed by atoms with Crippen molar-refractivity contribution in [3.05, 3.63) is 0 Å². The summed E-state index contributed by atoms with van der Waals surface area (Å²) in [4.78, 5) is 33.7. The van der Waals surface area contributed by atoms with Crippen molar-refractivity contribution in [2.45, 2.75) is 52.4 Å². The number of aliphatic carboxylic acids is 1. The highest BCUT2D eigenvalue weighted by Gasteiger charge is 2.26. The molecule has 0 spiro atoms. The Kier molecular flexibility index (Phi) is 5.98. The van der Waals surface area contributed by atoms with Crippen molar-refractivity contribution in [1.82, 2.24) is 10.6 Å². The molecule has 1 rings (SSSR count). The fraction of sp³-hybridized carbons (Fsp3) is 0.786. The standard InChI is InChI=1S/C14H24N2O4/c1-14(2,9-12(18)19)8-11(17)16-13(20)15-7-3-4-10-5-6-10/h10H,3-9H2,1-2H3,(H,18,19)(H2,15,16,17,20). The Morgan fingerprint density at radius 3 is 2.40 bits per heavy atom. The number of carboxylic acids is 1. The minimum absolute atomic E-state index is 0.00872. The predicted octanol–water partition coefficient (Wildman–Crippen LogP) is 1.89. The van der Waals surface area contributed by atoms with Gasteiger partial charge in [0.15, 0.2) is 0 Å². The fourth-order valence-corrected chi connectivity index (χ4v) is 2.12. The Balaban J connectivity index is 2.15. The summed E-state index contributed by atoms with van der Waals surface area (Å²) in [7, 11) is 0. The van der Waals surface area contributed by atoms with E-state index in [1.807, 2.05) is 0 Å². The number of amides is 3. The lowest BCUT2D eigenvalue weighted by molar-refractivity contribution is -0.139. The Hall–Kier alpha value is -1.59. The highest BCUT2D eigenvalue weighted by atomic mass is 16.4. The van der Waals surface area contributed by atoms with Gasteiger partial charge in [-0.1, -0.05) is 26.7 Å². The largest absolute Gasteiger partial charge is 0.481 e. The minimum Gasteiger partial charge on any atom is -0.481 e. The van der Waals surface area contributed by atoms with E-state index in [-0.39, 0.29) is 12.8 Å². The molecule has 0 aromatic heterocycles. The van der Waals surface area contributed by atoms with Crippen molar-refractivity contribution in [2.24, 2.45) is 11.3 Å². The van der Waals surface area contributed by atoms with Crippen molar-refractivity contribution < 1.29 is 19.5 Å². The van der Waals surface area contributed by atoms with Gasteiger partial charge < -0.3 is 10.4 Å². The summed E-state index contributed by atoms with van der Waals surface area (Å²) in [6.45, 7) is 3.94. The maximum Gasteiger partial charge on any atom is 0.321 e. The minimum atomic E-state index is -0.952. The van der Waals surface area contributed by atoms with E-state index in [4.69, 9.17) is 5.11 Å². The van der Waals surface area contributed by atoms with Crippen LogP contribution in [-0.4, -0.2) is 29.6 Å². The van der Waals surface area contributed by atoms with Crippen LogP contribution in [0.15, 0.2) is 0 Å². The Morgan fingerprint density at radius 2 is 1.85 bits per heavy atom. The number of nitrogens with one attached hydrogen (secondary N) is 2. The second-order valence-corrected chi connectivity index (χ2v) is 6.30. The van der Waals surface area contributed by atoms with Crippen LogP contribution in [0.2, 0.25) is 0 Å². The Bertz CT molecular complexity index is 375. The lowest BCUT2D eigenvalue weighted by Gasteiger charge is -2.21. The van der Waals surface area contributed by atoms with Crippen LogP contribution in [0.1, 0.15) is 52.4 Å². The second-order valence-electron chi connectivity index (χ2n) is 6.30. The summed E-state index contributed by atoms with van der Waals surface area (Å²) in [5.41, 5.74) is -0.665. The molecule has 0 aromatic carbocycles. The number of rotatable bonds is 8. The molecule has 0 aromatic rings. The molecular formula is C14H24N2O4. The molecule has 0 saturated heterocycles. The zero-order chi connectivity index (χ0) is 15.2. The number of hydrogen-bond donors (Lipinski definition) is 3. The van der Waals surface area contributed by atoms with Crippen LogP contribution in [0.3, 0.4) is 0 Å². The first-order valence-electron chi connectivity index (χ1n) is 7.08. The lowest BCUT2D eigenvalue weighted by atomic mass is 9.85. The van der Waals surface area contributed by atoms with E-state index in [1.165, 1.54) is 12.8 Å². The number of urea groups is 1. The maximum atomic E-state index is 11.6. The van der Waals surface area contributed by atoms with Gasteiger partial charge in [-0.2, -0.15) is 0 Å². The van der Waals surface area contributed by atoms with Crippen LogP contribution in [0, 0.1) is 11.3 Å². The molecule has 6 heteroatoms. The van der Waals surface area contributed by atoms with Gasteiger partial charge in [-0.15, -0.1) is 0 Å². The lowest BCUT2D eigenvalue weighted by Crippen LogP contribution is -2.41. The van der Waals surface area contributed by atoms with Crippen molar-refractivity contribution in [3.63, 3.8) is 0 Å². The van der Waals surface area contributed by atoms with Crippen molar-refractivity contribution in [1.29, 1.82) is 0 Å². The van der Waals surface area contributed by atoms with Gasteiger partial charge in [-0.3, -0.25) is 14.9 Å². The van der Waals surface area contributed by atoms with Gasteiger partial charge in [0.05, 0.1) is 6.42 Å². The molecular weight excluding hydrogens is 260 g/mol. The van der Waals surface area contributed by atoms with Crippen LogP contribution >= 0.6 is 0 Å². The number of imide groups is 1. The highest BCUT2D eigenvalue weighted by molar-refractivity contribution is 5.94. The molecule has 6 nitrogen and oxygen atoms in total. The maximum absolute atomic E-state index is 11.6. The summed E-state index contributed by atoms with van der Waals surface area (Å²) in [5, 5.41) is 13.6. The first-order chi connectivity index (χ1) is 9.28. The van der Waals surface area contributed by atoms with E-state index < -0.39 is 23.3 Å². The average molecular weight is 284 g/mol. The zero-order valence-corrected chi connectivity index (χ0v) is 12.2. The summed E-state index contributed by atoms with van der Waals surface area (Å²) in [6, 6.07) is -0.503. The third-order valence-electron chi connectivity index (χ3n) is 3.29. The van der Waals surface area contributed by atoms with Crippen LogP contribution in [-0.2, 0) is 9.59 Å². The van der Waals surface area contributed by atoms with E-state index >= 15 is 0 Å². The number of carbonyl (C=O) groups excluding carboxylic acids is 2. The fourth-order valence-electron chi connectivity index (χ4n) is 2.12. The molecule has 114 valence electrons. The van der Waals surface area contributed by atoms with Crippen LogP contribution in [0.25, 0.3) is 0 Å². The first kappa shape index (κ1) is 16.5. The second kappa shape index (κ2) is 7.26. The number of hydrogen-bond acceptors (Lipinski definition) is 3. The van der Waals surface area contributed by atoms with Crippen LogP contribution in [0.5, 0.6) is 0 Å². The molecule has 0 radical (unpaired) electrons. The quantitative estimate of drug-likeness (QED) is 0.593. The van der Waals surface area contributed by atoms with E-state index in [1.54, 1.807) is 13.8 Å². The molecule has 20 heavy (non-hydrogen) atoms. The van der Waals surface area contributed by atoms with Gasteiger partial charge in [0.1, 0.15) is 0 Å². The molecule has 0 atom stereocenters. The van der Waals surface area contributed by atoms with E-state index in [9.17, 15) is 14.4 Å². The Labute approximate surface area is 119 Å². The first-order valence-corrected chi connectivity index (χ1v) is 7.08. The summed E-state index contributed by atoms with van der Waals surface area (Å²) in [5.74, 6) is -0.568. The van der Waals surface area contributed by atoms with Crippen molar-refractivity contribution >= 4 is 17.9 Å². The summed E-state index contributed by atoms with van der Waals surface area (Å²) in [6.07, 6.45) is 4.54. The SMILES string of the molecule is CC(C)(CC(=O)O)CC(=O)NC(=O)NCCCC1CC1. The molecule has 1 saturated carbocycles. The van der Waals surface area contributed by atoms with Gasteiger partial charge in [0, 0.05) is 13.0 Å². The van der Waals surface area contributed by atoms with Gasteiger partial charge in [-0.05, 0) is 24.2 Å². The van der Waals surface area contributed by atoms with Crippen LogP contribution in [0.4, 0.5) is 4.79 Å². The summed E-state index contributed by atoms with van der Waals surface area (Å²) >= 11 is 0. The Morgan fingerprint density at radius 1 is 1.20 bits per heavy atom. The molecule has 3 N–H and O–H groups in total. The molecule has 0 bridgehead atoms. The molecule has 1 aliphatic carbocycles. The van der Waals surface area contributed by atoms with Gasteiger partial charge in [-0.25, -0.2) is 4.79 Å². The highest BCUT2D eigenvalue weighted by Crippen LogP contribution is 2.33. The van der Waals surface area contributed by atoms with E-state index in [2.05, 4.69) is 10.6 Å². The molecule has 0 aliphatic heterocycles. The van der Waals surface area contributed by atoms with Crippen molar-refractivity contribution in [2.75, 3.05) is 6.54 Å². The topological polar surface area (TPSA) is 95.5 Å². The third kappa shape index (κ3) is 7.76. The van der Waals surface area contributed by atoms with Crippen molar-refractivity contribution in [3.8, 4) is 0 Å². The predicted molar refractivity (Wildman–Crippen MR) is 74.2 cm³/mol. The zero-order valence-electron chi connectivity index (χ0n) is 12.2. The van der Waals surface area contributed by atoms with E-state index in [0.717, 1.165) is 18.8 Å². The number of carboxylic acid groups (broad SMARTS) is 1. The van der Waals surface area contributed by atoms with Gasteiger partial charge in [0.2, 0.25) is 5.91 Å². The van der Waals surface area contributed by atoms with Gasteiger partial charge in [0.25, 0.3) is 0 Å². The van der Waals surface area contributed by atoms with E-state index in [0.29, 0.717) is 6.54 Å². The molecule has 1 aliphatic rings. The molecule has 3 amide bonds. The average Bonchev–Trinajstić information content (AvgIpc) is 3.04. The molecule has 0 heterocycles. The van der Waals surface area contributed by atoms with Gasteiger partial charge >= 0.3 is 12.0 Å². The molecule has 0 unspecified atom stereocenters. The van der Waals surface area contributed by atoms with Crippen LogP contribution < -0.4 is 10.6 Å². The smallest absolute Gasteiger partial charge is 0.321 e. The molecule has 1 fully saturated rings. The normalized spacial score (nSPS) is 14.7. The monoisotopic (exact) mass is 284 g/mol.